The molecule has 24 heavy (non-hydrogen) atoms. The van der Waals surface area contributed by atoms with Crippen LogP contribution in [0.3, 0.4) is 0 Å². The predicted molar refractivity (Wildman–Crippen MR) is 93.1 cm³/mol. The lowest BCUT2D eigenvalue weighted by atomic mass is 9.97. The topological polar surface area (TPSA) is 49.9 Å². The number of likely N-dealkylation sites (tertiary alicyclic amines) is 1. The normalized spacial score (nSPS) is 25.3. The molecule has 1 aromatic rings. The summed E-state index contributed by atoms with van der Waals surface area (Å²) < 4.78 is 5.43. The molecule has 1 aromatic carbocycles. The molecule has 0 unspecified atom stereocenters. The van der Waals surface area contributed by atoms with Crippen LogP contribution in [0, 0.1) is 0 Å². The van der Waals surface area contributed by atoms with Gasteiger partial charge in [0, 0.05) is 6.04 Å². The smallest absolute Gasteiger partial charge is 0.251 e. The summed E-state index contributed by atoms with van der Waals surface area (Å²) in [5.41, 5.74) is 0.640. The van der Waals surface area contributed by atoms with E-state index >= 15 is 0 Å². The van der Waals surface area contributed by atoms with Gasteiger partial charge in [0.25, 0.3) is 5.91 Å². The van der Waals surface area contributed by atoms with E-state index in [0.717, 1.165) is 31.6 Å². The number of hydrogen-bond donors (Lipinski definition) is 0. The lowest BCUT2D eigenvalue weighted by Gasteiger charge is -2.38. The highest BCUT2D eigenvalue weighted by Crippen LogP contribution is 2.31. The van der Waals surface area contributed by atoms with E-state index in [-0.39, 0.29) is 17.9 Å². The minimum atomic E-state index is -0.297. The number of hydrogen-bond acceptors (Lipinski definition) is 4. The lowest BCUT2D eigenvalue weighted by Crippen LogP contribution is -2.49. The Hall–Kier alpha value is -1.88. The third-order valence-corrected chi connectivity index (χ3v) is 5.07. The molecule has 0 aliphatic carbocycles. The first-order valence-electron chi connectivity index (χ1n) is 9.01. The van der Waals surface area contributed by atoms with Gasteiger partial charge in [0.15, 0.2) is 0 Å². The van der Waals surface area contributed by atoms with Gasteiger partial charge in [0.2, 0.25) is 5.91 Å². The van der Waals surface area contributed by atoms with Gasteiger partial charge in [-0.05, 0) is 57.0 Å². The van der Waals surface area contributed by atoms with Crippen molar-refractivity contribution in [2.24, 2.45) is 0 Å². The fourth-order valence-corrected chi connectivity index (χ4v) is 3.88. The van der Waals surface area contributed by atoms with Gasteiger partial charge in [-0.1, -0.05) is 13.3 Å². The molecule has 0 aromatic heterocycles. The highest BCUT2D eigenvalue weighted by Gasteiger charge is 2.44. The van der Waals surface area contributed by atoms with E-state index < -0.39 is 0 Å². The predicted octanol–water partition coefficient (Wildman–Crippen LogP) is 2.98. The molecule has 0 bridgehead atoms. The molecular formula is C19H26N2O3. The van der Waals surface area contributed by atoms with E-state index in [9.17, 15) is 9.59 Å². The van der Waals surface area contributed by atoms with Crippen LogP contribution in [-0.2, 0) is 9.59 Å². The quantitative estimate of drug-likeness (QED) is 0.779. The van der Waals surface area contributed by atoms with Gasteiger partial charge < -0.3 is 4.74 Å². The lowest BCUT2D eigenvalue weighted by molar-refractivity contribution is -0.123. The largest absolute Gasteiger partial charge is 0.494 e. The Morgan fingerprint density at radius 1 is 1.12 bits per heavy atom. The molecule has 3 rings (SSSR count). The molecule has 0 spiro atoms. The van der Waals surface area contributed by atoms with Gasteiger partial charge in [0.05, 0.1) is 24.8 Å². The number of nitrogens with zero attached hydrogens (tertiary/aromatic N) is 2. The molecule has 2 amide bonds. The maximum absolute atomic E-state index is 12.9. The number of imide groups is 1. The Labute approximate surface area is 143 Å². The fourth-order valence-electron chi connectivity index (χ4n) is 3.88. The maximum Gasteiger partial charge on any atom is 0.251 e. The molecule has 5 nitrogen and oxygen atoms in total. The summed E-state index contributed by atoms with van der Waals surface area (Å²) in [6.45, 7) is 5.60. The number of piperidine rings is 1. The van der Waals surface area contributed by atoms with Crippen molar-refractivity contribution in [2.45, 2.75) is 58.0 Å². The first kappa shape index (κ1) is 17.0. The number of carbonyl (C=O) groups excluding carboxylic acids is 2. The average molecular weight is 330 g/mol. The van der Waals surface area contributed by atoms with Crippen molar-refractivity contribution in [3.8, 4) is 5.75 Å². The van der Waals surface area contributed by atoms with Crippen LogP contribution < -0.4 is 9.64 Å². The van der Waals surface area contributed by atoms with Crippen molar-refractivity contribution >= 4 is 17.5 Å². The van der Waals surface area contributed by atoms with Crippen LogP contribution in [0.2, 0.25) is 0 Å². The van der Waals surface area contributed by atoms with Crippen LogP contribution in [0.25, 0.3) is 0 Å². The van der Waals surface area contributed by atoms with E-state index in [1.54, 1.807) is 12.1 Å². The standard InChI is InChI=1S/C19H26N2O3/c1-3-14-7-5-6-12-20(14)17-13-18(22)21(19(17)23)15-8-10-16(11-9-15)24-4-2/h8-11,14,17H,3-7,12-13H2,1-2H3/t14-,17-/m0/s1. The van der Waals surface area contributed by atoms with Gasteiger partial charge in [0.1, 0.15) is 5.75 Å². The summed E-state index contributed by atoms with van der Waals surface area (Å²) >= 11 is 0. The van der Waals surface area contributed by atoms with Gasteiger partial charge >= 0.3 is 0 Å². The van der Waals surface area contributed by atoms with Crippen LogP contribution in [0.15, 0.2) is 24.3 Å². The van der Waals surface area contributed by atoms with Crippen molar-refractivity contribution in [2.75, 3.05) is 18.1 Å². The molecule has 5 heteroatoms. The summed E-state index contributed by atoms with van der Waals surface area (Å²) in [6.07, 6.45) is 4.77. The number of ether oxygens (including phenoxy) is 1. The summed E-state index contributed by atoms with van der Waals surface area (Å²) in [5.74, 6) is 0.568. The third-order valence-electron chi connectivity index (χ3n) is 5.07. The van der Waals surface area contributed by atoms with Crippen LogP contribution >= 0.6 is 0 Å². The van der Waals surface area contributed by atoms with E-state index in [1.807, 2.05) is 19.1 Å². The van der Waals surface area contributed by atoms with E-state index in [2.05, 4.69) is 11.8 Å². The first-order valence-corrected chi connectivity index (χ1v) is 9.01. The summed E-state index contributed by atoms with van der Waals surface area (Å²) in [4.78, 5) is 29.0. The van der Waals surface area contributed by atoms with Gasteiger partial charge in [-0.25, -0.2) is 4.90 Å². The Morgan fingerprint density at radius 3 is 2.54 bits per heavy atom. The summed E-state index contributed by atoms with van der Waals surface area (Å²) in [7, 11) is 0. The van der Waals surface area contributed by atoms with Crippen molar-refractivity contribution < 1.29 is 14.3 Å². The van der Waals surface area contributed by atoms with E-state index in [4.69, 9.17) is 4.74 Å². The second-order valence-electron chi connectivity index (χ2n) is 6.51. The molecular weight excluding hydrogens is 304 g/mol. The monoisotopic (exact) mass is 330 g/mol. The average Bonchev–Trinajstić information content (AvgIpc) is 2.90. The third kappa shape index (κ3) is 3.18. The molecule has 0 radical (unpaired) electrons. The molecule has 2 aliphatic rings. The fraction of sp³-hybridized carbons (Fsp3) is 0.579. The van der Waals surface area contributed by atoms with Crippen LogP contribution in [0.5, 0.6) is 5.75 Å². The molecule has 0 N–H and O–H groups in total. The number of amides is 2. The second-order valence-corrected chi connectivity index (χ2v) is 6.51. The van der Waals surface area contributed by atoms with Crippen LogP contribution in [-0.4, -0.2) is 41.9 Å². The minimum Gasteiger partial charge on any atom is -0.494 e. The molecule has 2 fully saturated rings. The zero-order valence-corrected chi connectivity index (χ0v) is 14.5. The van der Waals surface area contributed by atoms with Crippen molar-refractivity contribution in [1.82, 2.24) is 4.90 Å². The number of benzene rings is 1. The van der Waals surface area contributed by atoms with E-state index in [1.165, 1.54) is 11.3 Å². The van der Waals surface area contributed by atoms with Gasteiger partial charge in [-0.2, -0.15) is 0 Å². The molecule has 2 heterocycles. The van der Waals surface area contributed by atoms with Gasteiger partial charge in [-0.15, -0.1) is 0 Å². The Bertz CT molecular complexity index is 599. The second kappa shape index (κ2) is 7.34. The van der Waals surface area contributed by atoms with Crippen LogP contribution in [0.1, 0.15) is 46.0 Å². The number of anilines is 1. The Balaban J connectivity index is 1.78. The molecule has 130 valence electrons. The maximum atomic E-state index is 12.9. The molecule has 2 saturated heterocycles. The van der Waals surface area contributed by atoms with Crippen molar-refractivity contribution in [3.63, 3.8) is 0 Å². The highest BCUT2D eigenvalue weighted by atomic mass is 16.5. The number of carbonyl (C=O) groups is 2. The zero-order valence-electron chi connectivity index (χ0n) is 14.5. The Morgan fingerprint density at radius 2 is 1.88 bits per heavy atom. The van der Waals surface area contributed by atoms with E-state index in [0.29, 0.717) is 24.8 Å². The molecule has 2 atom stereocenters. The van der Waals surface area contributed by atoms with Gasteiger partial charge in [-0.3, -0.25) is 14.5 Å². The highest BCUT2D eigenvalue weighted by molar-refractivity contribution is 6.22. The zero-order chi connectivity index (χ0) is 17.1. The van der Waals surface area contributed by atoms with Crippen LogP contribution in [0.4, 0.5) is 5.69 Å². The van der Waals surface area contributed by atoms with Crippen molar-refractivity contribution in [3.05, 3.63) is 24.3 Å². The Kier molecular flexibility index (Phi) is 5.19. The molecule has 0 saturated carbocycles. The summed E-state index contributed by atoms with van der Waals surface area (Å²) in [6, 6.07) is 7.31. The number of rotatable bonds is 5. The minimum absolute atomic E-state index is 0.0792. The summed E-state index contributed by atoms with van der Waals surface area (Å²) in [5, 5.41) is 0. The SMILES string of the molecule is CCOc1ccc(N2C(=O)C[C@H](N3CCCC[C@@H]3CC)C2=O)cc1. The van der Waals surface area contributed by atoms with Crippen molar-refractivity contribution in [1.29, 1.82) is 0 Å². The first-order chi connectivity index (χ1) is 11.7. The molecule has 2 aliphatic heterocycles.